The number of nitrogen functional groups attached to an aromatic ring is 1. The average molecular weight is 484 g/mol. The SMILES string of the molecule is Cc1ccc2c(N)c(C(=O)NCCc3cc(F)c(N4CCNCC4)c(Cl)c3)sc2n1.Cl. The van der Waals surface area contributed by atoms with Crippen LogP contribution in [-0.2, 0) is 6.42 Å². The number of carbonyl (C=O) groups excluding carboxylic acids is 1. The van der Waals surface area contributed by atoms with E-state index in [1.165, 1.54) is 17.4 Å². The van der Waals surface area contributed by atoms with E-state index in [9.17, 15) is 9.18 Å². The number of hydrogen-bond donors (Lipinski definition) is 3. The van der Waals surface area contributed by atoms with E-state index in [0.29, 0.717) is 34.2 Å². The number of amides is 1. The lowest BCUT2D eigenvalue weighted by Crippen LogP contribution is -2.44. The number of halogens is 3. The molecule has 166 valence electrons. The van der Waals surface area contributed by atoms with Gasteiger partial charge in [-0.25, -0.2) is 9.37 Å². The van der Waals surface area contributed by atoms with Crippen LogP contribution in [0, 0.1) is 12.7 Å². The van der Waals surface area contributed by atoms with Crippen LogP contribution in [0.1, 0.15) is 20.9 Å². The quantitative estimate of drug-likeness (QED) is 0.514. The van der Waals surface area contributed by atoms with E-state index in [0.717, 1.165) is 47.7 Å². The normalized spacial score (nSPS) is 13.8. The summed E-state index contributed by atoms with van der Waals surface area (Å²) in [5, 5.41) is 7.28. The van der Waals surface area contributed by atoms with Gasteiger partial charge in [-0.05, 0) is 43.2 Å². The highest BCUT2D eigenvalue weighted by atomic mass is 35.5. The van der Waals surface area contributed by atoms with E-state index in [1.54, 1.807) is 6.07 Å². The molecule has 0 saturated carbocycles. The minimum absolute atomic E-state index is 0. The molecule has 1 fully saturated rings. The fourth-order valence-electron chi connectivity index (χ4n) is 3.61. The Morgan fingerprint density at radius 3 is 2.81 bits per heavy atom. The smallest absolute Gasteiger partial charge is 0.263 e. The molecule has 3 heterocycles. The zero-order valence-electron chi connectivity index (χ0n) is 17.0. The standard InChI is InChI=1S/C21H23ClFN5OS.ClH/c1-12-2-3-14-17(24)19(30-21(14)27-12)20(29)26-5-4-13-10-15(22)18(16(23)11-13)28-8-6-25-7-9-28;/h2-3,10-11,25H,4-9,24H2,1H3,(H,26,29);1H. The number of pyridine rings is 1. The molecular formula is C21H24Cl2FN5OS. The molecule has 1 saturated heterocycles. The highest BCUT2D eigenvalue weighted by molar-refractivity contribution is 7.21. The summed E-state index contributed by atoms with van der Waals surface area (Å²) in [6.45, 7) is 5.29. The summed E-state index contributed by atoms with van der Waals surface area (Å²) in [4.78, 5) is 20.2. The molecule has 31 heavy (non-hydrogen) atoms. The van der Waals surface area contributed by atoms with Crippen molar-refractivity contribution in [2.45, 2.75) is 13.3 Å². The molecular weight excluding hydrogens is 460 g/mol. The summed E-state index contributed by atoms with van der Waals surface area (Å²) >= 11 is 7.65. The van der Waals surface area contributed by atoms with Gasteiger partial charge >= 0.3 is 0 Å². The Hall–Kier alpha value is -2.13. The van der Waals surface area contributed by atoms with Crippen LogP contribution in [0.2, 0.25) is 5.02 Å². The second-order valence-corrected chi connectivity index (χ2v) is 8.71. The summed E-state index contributed by atoms with van der Waals surface area (Å²) in [6, 6.07) is 7.02. The van der Waals surface area contributed by atoms with Crippen molar-refractivity contribution in [1.29, 1.82) is 0 Å². The molecule has 0 atom stereocenters. The molecule has 0 radical (unpaired) electrons. The Morgan fingerprint density at radius 2 is 2.10 bits per heavy atom. The zero-order valence-corrected chi connectivity index (χ0v) is 19.4. The maximum Gasteiger partial charge on any atom is 0.263 e. The Morgan fingerprint density at radius 1 is 1.35 bits per heavy atom. The number of anilines is 2. The first-order valence-electron chi connectivity index (χ1n) is 9.81. The first-order valence-corrected chi connectivity index (χ1v) is 11.0. The average Bonchev–Trinajstić information content (AvgIpc) is 3.04. The summed E-state index contributed by atoms with van der Waals surface area (Å²) < 4.78 is 14.7. The highest BCUT2D eigenvalue weighted by Crippen LogP contribution is 2.33. The van der Waals surface area contributed by atoms with Crippen molar-refractivity contribution in [3.05, 3.63) is 51.2 Å². The van der Waals surface area contributed by atoms with Crippen LogP contribution >= 0.6 is 35.3 Å². The number of nitrogens with zero attached hydrogens (tertiary/aromatic N) is 2. The molecule has 1 amide bonds. The van der Waals surface area contributed by atoms with Crippen LogP contribution in [0.15, 0.2) is 24.3 Å². The molecule has 0 bridgehead atoms. The van der Waals surface area contributed by atoms with Crippen molar-refractivity contribution < 1.29 is 9.18 Å². The summed E-state index contributed by atoms with van der Waals surface area (Å²) in [5.41, 5.74) is 8.63. The van der Waals surface area contributed by atoms with Gasteiger partial charge < -0.3 is 21.3 Å². The predicted molar refractivity (Wildman–Crippen MR) is 129 cm³/mol. The van der Waals surface area contributed by atoms with Crippen LogP contribution < -0.4 is 21.3 Å². The maximum atomic E-state index is 14.7. The molecule has 3 aromatic rings. The molecule has 4 rings (SSSR count). The van der Waals surface area contributed by atoms with Crippen molar-refractivity contribution in [3.63, 3.8) is 0 Å². The minimum atomic E-state index is -0.332. The van der Waals surface area contributed by atoms with E-state index in [4.69, 9.17) is 17.3 Å². The Bertz CT molecular complexity index is 1080. The molecule has 2 aromatic heterocycles. The van der Waals surface area contributed by atoms with Gasteiger partial charge in [0, 0.05) is 43.8 Å². The molecule has 0 unspecified atom stereocenters. The van der Waals surface area contributed by atoms with Crippen molar-refractivity contribution >= 4 is 62.8 Å². The van der Waals surface area contributed by atoms with Crippen molar-refractivity contribution in [2.24, 2.45) is 0 Å². The third-order valence-corrected chi connectivity index (χ3v) is 6.55. The zero-order chi connectivity index (χ0) is 21.3. The number of fused-ring (bicyclic) bond motifs is 1. The van der Waals surface area contributed by atoms with Gasteiger partial charge in [-0.3, -0.25) is 4.79 Å². The monoisotopic (exact) mass is 483 g/mol. The number of benzene rings is 1. The van der Waals surface area contributed by atoms with Gasteiger partial charge in [0.25, 0.3) is 5.91 Å². The highest BCUT2D eigenvalue weighted by Gasteiger charge is 2.20. The molecule has 0 spiro atoms. The summed E-state index contributed by atoms with van der Waals surface area (Å²) in [7, 11) is 0. The van der Waals surface area contributed by atoms with Crippen LogP contribution in [0.5, 0.6) is 0 Å². The lowest BCUT2D eigenvalue weighted by molar-refractivity contribution is 0.0959. The third kappa shape index (κ3) is 5.03. The van der Waals surface area contributed by atoms with Crippen molar-refractivity contribution in [1.82, 2.24) is 15.6 Å². The molecule has 0 aliphatic carbocycles. The van der Waals surface area contributed by atoms with E-state index in [2.05, 4.69) is 15.6 Å². The van der Waals surface area contributed by atoms with Gasteiger partial charge in [0.2, 0.25) is 0 Å². The van der Waals surface area contributed by atoms with Crippen molar-refractivity contribution in [2.75, 3.05) is 43.4 Å². The lowest BCUT2D eigenvalue weighted by Gasteiger charge is -2.30. The summed E-state index contributed by atoms with van der Waals surface area (Å²) in [5.74, 6) is -0.585. The number of hydrogen-bond acceptors (Lipinski definition) is 6. The van der Waals surface area contributed by atoms with E-state index in [-0.39, 0.29) is 24.1 Å². The number of carbonyl (C=O) groups is 1. The molecule has 1 aromatic carbocycles. The number of nitrogens with one attached hydrogen (secondary N) is 2. The number of piperazine rings is 1. The minimum Gasteiger partial charge on any atom is -0.397 e. The number of nitrogens with two attached hydrogens (primary N) is 1. The molecule has 1 aliphatic heterocycles. The second-order valence-electron chi connectivity index (χ2n) is 7.30. The molecule has 1 aliphatic rings. The third-order valence-electron chi connectivity index (χ3n) is 5.15. The Labute approximate surface area is 195 Å². The topological polar surface area (TPSA) is 83.3 Å². The Kier molecular flexibility index (Phi) is 7.59. The van der Waals surface area contributed by atoms with Crippen LogP contribution in [-0.4, -0.2) is 43.6 Å². The van der Waals surface area contributed by atoms with Gasteiger partial charge in [0.1, 0.15) is 15.5 Å². The molecule has 10 heteroatoms. The number of aryl methyl sites for hydroxylation is 1. The van der Waals surface area contributed by atoms with Gasteiger partial charge in [0.05, 0.1) is 16.4 Å². The van der Waals surface area contributed by atoms with Gasteiger partial charge in [0.15, 0.2) is 0 Å². The second kappa shape index (κ2) is 9.99. The van der Waals surface area contributed by atoms with E-state index < -0.39 is 0 Å². The largest absolute Gasteiger partial charge is 0.397 e. The van der Waals surface area contributed by atoms with Gasteiger partial charge in [-0.2, -0.15) is 0 Å². The maximum absolute atomic E-state index is 14.7. The first-order chi connectivity index (χ1) is 14.4. The first kappa shape index (κ1) is 23.5. The number of aromatic nitrogens is 1. The predicted octanol–water partition coefficient (Wildman–Crippen LogP) is 3.78. The fourth-order valence-corrected chi connectivity index (χ4v) is 5.02. The number of thiophene rings is 1. The molecule has 4 N–H and O–H groups in total. The van der Waals surface area contributed by atoms with E-state index in [1.807, 2.05) is 24.0 Å². The van der Waals surface area contributed by atoms with Gasteiger partial charge in [-0.15, -0.1) is 23.7 Å². The van der Waals surface area contributed by atoms with Crippen LogP contribution in [0.3, 0.4) is 0 Å². The van der Waals surface area contributed by atoms with Crippen LogP contribution in [0.25, 0.3) is 10.2 Å². The molecule has 6 nitrogen and oxygen atoms in total. The van der Waals surface area contributed by atoms with E-state index >= 15 is 0 Å². The lowest BCUT2D eigenvalue weighted by atomic mass is 10.1. The summed E-state index contributed by atoms with van der Waals surface area (Å²) in [6.07, 6.45) is 0.465. The Balaban J connectivity index is 0.00000272. The fraction of sp³-hybridized carbons (Fsp3) is 0.333. The van der Waals surface area contributed by atoms with Crippen LogP contribution in [0.4, 0.5) is 15.8 Å². The number of rotatable bonds is 5. The van der Waals surface area contributed by atoms with Gasteiger partial charge in [-0.1, -0.05) is 11.6 Å². The van der Waals surface area contributed by atoms with Crippen molar-refractivity contribution in [3.8, 4) is 0 Å².